The predicted octanol–water partition coefficient (Wildman–Crippen LogP) is 2.96. The topological polar surface area (TPSA) is 132 Å². The fourth-order valence-electron chi connectivity index (χ4n) is 5.34. The molecule has 0 aromatic carbocycles. The number of hydrogen-bond donors (Lipinski definition) is 3. The third-order valence-electron chi connectivity index (χ3n) is 7.54. The SMILES string of the molecule is C/C(=C\C(=O)OCCCCCCCCC(=O)O)C[C@@H]1OC[C@@H]2C[C@H]3O[C@@H]2[C@]1(O)O[C@H]3[C@@H](C)[C@H](C)O. The zero-order valence-electron chi connectivity index (χ0n) is 21.2. The van der Waals surface area contributed by atoms with Crippen molar-refractivity contribution >= 4 is 11.9 Å². The third kappa shape index (κ3) is 7.26. The van der Waals surface area contributed by atoms with Crippen molar-refractivity contribution < 1.29 is 43.9 Å². The van der Waals surface area contributed by atoms with Gasteiger partial charge in [0.2, 0.25) is 5.79 Å². The van der Waals surface area contributed by atoms with Gasteiger partial charge in [-0.1, -0.05) is 38.2 Å². The number of hydrogen-bond acceptors (Lipinski definition) is 8. The van der Waals surface area contributed by atoms with Gasteiger partial charge in [0.1, 0.15) is 12.2 Å². The van der Waals surface area contributed by atoms with Crippen LogP contribution < -0.4 is 0 Å². The molecule has 0 saturated carbocycles. The van der Waals surface area contributed by atoms with E-state index in [-0.39, 0.29) is 24.4 Å². The van der Waals surface area contributed by atoms with Gasteiger partial charge < -0.3 is 34.3 Å². The monoisotopic (exact) mass is 498 g/mol. The number of aliphatic carboxylic acids is 1. The maximum Gasteiger partial charge on any atom is 0.330 e. The molecule has 3 aliphatic rings. The number of aliphatic hydroxyl groups excluding tert-OH is 1. The number of esters is 1. The highest BCUT2D eigenvalue weighted by molar-refractivity contribution is 5.82. The normalized spacial score (nSPS) is 33.9. The van der Waals surface area contributed by atoms with Crippen LogP contribution in [-0.4, -0.2) is 76.8 Å². The molecular formula is C26H42O9. The smallest absolute Gasteiger partial charge is 0.330 e. The Morgan fingerprint density at radius 3 is 2.51 bits per heavy atom. The molecule has 9 heteroatoms. The van der Waals surface area contributed by atoms with Gasteiger partial charge in [0, 0.05) is 30.8 Å². The van der Waals surface area contributed by atoms with Gasteiger partial charge in [-0.2, -0.15) is 0 Å². The van der Waals surface area contributed by atoms with E-state index in [1.54, 1.807) is 13.8 Å². The average molecular weight is 499 g/mol. The second kappa shape index (κ2) is 12.6. The Kier molecular flexibility index (Phi) is 10.1. The van der Waals surface area contributed by atoms with Gasteiger partial charge >= 0.3 is 11.9 Å². The van der Waals surface area contributed by atoms with Gasteiger partial charge in [-0.15, -0.1) is 0 Å². The summed E-state index contributed by atoms with van der Waals surface area (Å²) in [5, 5.41) is 30.2. The first-order valence-electron chi connectivity index (χ1n) is 13.0. The molecule has 200 valence electrons. The predicted molar refractivity (Wildman–Crippen MR) is 126 cm³/mol. The molecular weight excluding hydrogens is 456 g/mol. The highest BCUT2D eigenvalue weighted by Gasteiger charge is 2.64. The van der Waals surface area contributed by atoms with Crippen LogP contribution in [0.15, 0.2) is 11.6 Å². The van der Waals surface area contributed by atoms with E-state index < -0.39 is 42.1 Å². The minimum Gasteiger partial charge on any atom is -0.481 e. The quantitative estimate of drug-likeness (QED) is 0.188. The van der Waals surface area contributed by atoms with Crippen LogP contribution in [0.4, 0.5) is 0 Å². The zero-order chi connectivity index (χ0) is 25.6. The van der Waals surface area contributed by atoms with Crippen molar-refractivity contribution in [3.05, 3.63) is 11.6 Å². The van der Waals surface area contributed by atoms with Gasteiger partial charge in [-0.05, 0) is 33.1 Å². The Balaban J connectivity index is 1.43. The average Bonchev–Trinajstić information content (AvgIpc) is 3.20. The number of rotatable bonds is 14. The Morgan fingerprint density at radius 1 is 1.14 bits per heavy atom. The third-order valence-corrected chi connectivity index (χ3v) is 7.54. The molecule has 0 aromatic rings. The van der Waals surface area contributed by atoms with E-state index in [1.165, 1.54) is 6.08 Å². The van der Waals surface area contributed by atoms with Gasteiger partial charge in [0.25, 0.3) is 0 Å². The second-order valence-corrected chi connectivity index (χ2v) is 10.5. The second-order valence-electron chi connectivity index (χ2n) is 10.5. The fourth-order valence-corrected chi connectivity index (χ4v) is 5.34. The van der Waals surface area contributed by atoms with Crippen molar-refractivity contribution in [2.75, 3.05) is 13.2 Å². The molecule has 3 heterocycles. The molecule has 3 saturated heterocycles. The maximum atomic E-state index is 12.2. The summed E-state index contributed by atoms with van der Waals surface area (Å²) in [6.07, 6.45) is 5.58. The van der Waals surface area contributed by atoms with Crippen LogP contribution in [0, 0.1) is 11.8 Å². The first kappa shape index (κ1) is 28.1. The summed E-state index contributed by atoms with van der Waals surface area (Å²) in [6, 6.07) is 0. The summed E-state index contributed by atoms with van der Waals surface area (Å²) >= 11 is 0. The van der Waals surface area contributed by atoms with E-state index in [4.69, 9.17) is 24.1 Å². The molecule has 0 spiro atoms. The fraction of sp³-hybridized carbons (Fsp3) is 0.846. The van der Waals surface area contributed by atoms with E-state index in [0.717, 1.165) is 38.5 Å². The highest BCUT2D eigenvalue weighted by Crippen LogP contribution is 2.49. The summed E-state index contributed by atoms with van der Waals surface area (Å²) in [4.78, 5) is 22.7. The number of aliphatic hydroxyl groups is 2. The molecule has 0 unspecified atom stereocenters. The Labute approximate surface area is 207 Å². The lowest BCUT2D eigenvalue weighted by Crippen LogP contribution is -2.66. The molecule has 3 rings (SSSR count). The largest absolute Gasteiger partial charge is 0.481 e. The number of carbonyl (C=O) groups is 2. The van der Waals surface area contributed by atoms with Crippen molar-refractivity contribution in [3.8, 4) is 0 Å². The van der Waals surface area contributed by atoms with Crippen molar-refractivity contribution in [1.29, 1.82) is 0 Å². The summed E-state index contributed by atoms with van der Waals surface area (Å²) < 4.78 is 23.6. The summed E-state index contributed by atoms with van der Waals surface area (Å²) in [7, 11) is 0. The molecule has 0 aliphatic carbocycles. The maximum absolute atomic E-state index is 12.2. The number of fused-ring (bicyclic) bond motifs is 1. The van der Waals surface area contributed by atoms with Gasteiger partial charge in [0.05, 0.1) is 31.5 Å². The van der Waals surface area contributed by atoms with Gasteiger partial charge in [-0.3, -0.25) is 4.79 Å². The number of unbranched alkanes of at least 4 members (excludes halogenated alkanes) is 5. The van der Waals surface area contributed by atoms with E-state index >= 15 is 0 Å². The molecule has 0 radical (unpaired) electrons. The van der Waals surface area contributed by atoms with Crippen molar-refractivity contribution in [3.63, 3.8) is 0 Å². The molecule has 3 N–H and O–H groups in total. The number of ether oxygens (including phenoxy) is 4. The molecule has 3 aliphatic heterocycles. The van der Waals surface area contributed by atoms with E-state index in [1.807, 2.05) is 6.92 Å². The van der Waals surface area contributed by atoms with Crippen molar-refractivity contribution in [1.82, 2.24) is 0 Å². The Hall–Kier alpha value is -1.52. The first-order valence-corrected chi connectivity index (χ1v) is 13.0. The molecule has 8 atom stereocenters. The van der Waals surface area contributed by atoms with Crippen LogP contribution >= 0.6 is 0 Å². The van der Waals surface area contributed by atoms with E-state index in [2.05, 4.69) is 0 Å². The minimum absolute atomic E-state index is 0.0406. The minimum atomic E-state index is -1.63. The molecule has 0 amide bonds. The number of carboxylic acids is 1. The van der Waals surface area contributed by atoms with Gasteiger partial charge in [0.15, 0.2) is 0 Å². The van der Waals surface area contributed by atoms with Crippen molar-refractivity contribution in [2.24, 2.45) is 11.8 Å². The molecule has 0 aromatic heterocycles. The molecule has 2 bridgehead atoms. The first-order chi connectivity index (χ1) is 16.6. The van der Waals surface area contributed by atoms with Crippen LogP contribution in [0.3, 0.4) is 0 Å². The summed E-state index contributed by atoms with van der Waals surface area (Å²) in [5.74, 6) is -2.98. The van der Waals surface area contributed by atoms with Gasteiger partial charge in [-0.25, -0.2) is 4.79 Å². The summed E-state index contributed by atoms with van der Waals surface area (Å²) in [6.45, 7) is 6.19. The van der Waals surface area contributed by atoms with Crippen LogP contribution in [0.5, 0.6) is 0 Å². The van der Waals surface area contributed by atoms with Crippen LogP contribution in [0.1, 0.15) is 78.6 Å². The molecule has 35 heavy (non-hydrogen) atoms. The lowest BCUT2D eigenvalue weighted by Gasteiger charge is -2.50. The standard InChI is InChI=1S/C26H42O9/c1-16(13-23(30)32-11-9-7-5-4-6-8-10-22(28)29)12-21-26(31)25-19(15-33-21)14-20(34-25)24(35-26)17(2)18(3)27/h13,17-21,24-25,27,31H,4-12,14-15H2,1-3H3,(H,28,29)/b16-13+/t17-,18-,19-,20+,21-,24-,25-,26+/m0/s1. The lowest BCUT2D eigenvalue weighted by atomic mass is 9.86. The van der Waals surface area contributed by atoms with Crippen LogP contribution in [0.2, 0.25) is 0 Å². The Morgan fingerprint density at radius 2 is 1.83 bits per heavy atom. The molecule has 9 nitrogen and oxygen atoms in total. The van der Waals surface area contributed by atoms with Crippen LogP contribution in [0.25, 0.3) is 0 Å². The lowest BCUT2D eigenvalue weighted by molar-refractivity contribution is -0.392. The Bertz CT molecular complexity index is 751. The summed E-state index contributed by atoms with van der Waals surface area (Å²) in [5.41, 5.74) is 0.717. The zero-order valence-corrected chi connectivity index (χ0v) is 21.2. The number of carbonyl (C=O) groups excluding carboxylic acids is 1. The van der Waals surface area contributed by atoms with Crippen LogP contribution in [-0.2, 0) is 28.5 Å². The van der Waals surface area contributed by atoms with Crippen molar-refractivity contribution in [2.45, 2.75) is 115 Å². The number of carboxylic acid groups (broad SMARTS) is 1. The molecule has 3 fully saturated rings. The van der Waals surface area contributed by atoms with E-state index in [9.17, 15) is 19.8 Å². The van der Waals surface area contributed by atoms with E-state index in [0.29, 0.717) is 31.6 Å². The highest BCUT2D eigenvalue weighted by atomic mass is 16.7.